The van der Waals surface area contributed by atoms with Crippen LogP contribution >= 0.6 is 11.6 Å². The molecule has 0 atom stereocenters. The number of hydrogen-bond donors (Lipinski definition) is 1. The first-order valence-electron chi connectivity index (χ1n) is 8.83. The molecule has 2 saturated carbocycles. The van der Waals surface area contributed by atoms with Crippen molar-refractivity contribution >= 4 is 23.5 Å². The molecule has 4 nitrogen and oxygen atoms in total. The van der Waals surface area contributed by atoms with Crippen LogP contribution in [0.5, 0.6) is 0 Å². The Hall–Kier alpha value is -1.55. The van der Waals surface area contributed by atoms with E-state index in [1.165, 1.54) is 12.8 Å². The molecule has 24 heavy (non-hydrogen) atoms. The molecule has 0 radical (unpaired) electrons. The maximum Gasteiger partial charge on any atom is 0.317 e. The normalized spacial score (nSPS) is 20.0. The lowest BCUT2D eigenvalue weighted by Gasteiger charge is -2.18. The Labute approximate surface area is 147 Å². The number of hydrogen-bond acceptors (Lipinski definition) is 3. The summed E-state index contributed by atoms with van der Waals surface area (Å²) in [5, 5.41) is 3.64. The quantitative estimate of drug-likeness (QED) is 0.650. The molecular weight excluding hydrogens is 326 g/mol. The second-order valence-electron chi connectivity index (χ2n) is 6.92. The van der Waals surface area contributed by atoms with Crippen molar-refractivity contribution in [2.45, 2.75) is 62.8 Å². The van der Waals surface area contributed by atoms with E-state index in [1.54, 1.807) is 12.1 Å². The lowest BCUT2D eigenvalue weighted by Crippen LogP contribution is -2.38. The SMILES string of the molecule is O=C(COC(=O)C1(c2ccc(Cl)cc2)CC1)NC1CCCCCC1. The first kappa shape index (κ1) is 17.3. The predicted octanol–water partition coefficient (Wildman–Crippen LogP) is 3.75. The van der Waals surface area contributed by atoms with Crippen LogP contribution in [-0.4, -0.2) is 24.5 Å². The van der Waals surface area contributed by atoms with Gasteiger partial charge in [0.25, 0.3) is 5.91 Å². The number of carbonyl (C=O) groups excluding carboxylic acids is 2. The van der Waals surface area contributed by atoms with E-state index in [0.717, 1.165) is 44.1 Å². The molecule has 3 rings (SSSR count). The van der Waals surface area contributed by atoms with Crippen molar-refractivity contribution in [2.75, 3.05) is 6.61 Å². The Morgan fingerprint density at radius 1 is 1.08 bits per heavy atom. The topological polar surface area (TPSA) is 55.4 Å². The van der Waals surface area contributed by atoms with Crippen molar-refractivity contribution in [3.8, 4) is 0 Å². The van der Waals surface area contributed by atoms with E-state index in [2.05, 4.69) is 5.32 Å². The molecular formula is C19H24ClNO3. The van der Waals surface area contributed by atoms with Crippen molar-refractivity contribution in [2.24, 2.45) is 0 Å². The molecule has 2 aliphatic carbocycles. The molecule has 130 valence electrons. The first-order chi connectivity index (χ1) is 11.6. The predicted molar refractivity (Wildman–Crippen MR) is 93.0 cm³/mol. The molecule has 0 bridgehead atoms. The smallest absolute Gasteiger partial charge is 0.317 e. The minimum absolute atomic E-state index is 0.190. The van der Waals surface area contributed by atoms with E-state index >= 15 is 0 Å². The van der Waals surface area contributed by atoms with E-state index in [1.807, 2.05) is 12.1 Å². The zero-order valence-electron chi connectivity index (χ0n) is 13.9. The summed E-state index contributed by atoms with van der Waals surface area (Å²) in [6.45, 7) is -0.190. The highest BCUT2D eigenvalue weighted by molar-refractivity contribution is 6.30. The Balaban J connectivity index is 1.50. The Morgan fingerprint density at radius 3 is 2.29 bits per heavy atom. The summed E-state index contributed by atoms with van der Waals surface area (Å²) in [5.41, 5.74) is 0.341. The zero-order chi connectivity index (χ0) is 17.0. The van der Waals surface area contributed by atoms with Crippen molar-refractivity contribution in [3.05, 3.63) is 34.9 Å². The maximum absolute atomic E-state index is 12.4. The minimum atomic E-state index is -0.576. The number of nitrogens with one attached hydrogen (secondary N) is 1. The van der Waals surface area contributed by atoms with Gasteiger partial charge in [-0.15, -0.1) is 0 Å². The third-order valence-corrected chi connectivity index (χ3v) is 5.34. The third-order valence-electron chi connectivity index (χ3n) is 5.09. The van der Waals surface area contributed by atoms with Gasteiger partial charge in [-0.3, -0.25) is 9.59 Å². The number of carbonyl (C=O) groups is 2. The van der Waals surface area contributed by atoms with E-state index in [0.29, 0.717) is 5.02 Å². The molecule has 2 fully saturated rings. The summed E-state index contributed by atoms with van der Waals surface area (Å²) in [5.74, 6) is -0.497. The average molecular weight is 350 g/mol. The third kappa shape index (κ3) is 4.10. The molecule has 2 aliphatic rings. The number of benzene rings is 1. The maximum atomic E-state index is 12.4. The number of rotatable bonds is 5. The highest BCUT2D eigenvalue weighted by Gasteiger charge is 2.52. The van der Waals surface area contributed by atoms with Crippen molar-refractivity contribution in [1.82, 2.24) is 5.32 Å². The first-order valence-corrected chi connectivity index (χ1v) is 9.21. The van der Waals surface area contributed by atoms with E-state index in [9.17, 15) is 9.59 Å². The molecule has 0 aliphatic heterocycles. The second-order valence-corrected chi connectivity index (χ2v) is 7.36. The van der Waals surface area contributed by atoms with Gasteiger partial charge >= 0.3 is 5.97 Å². The van der Waals surface area contributed by atoms with Gasteiger partial charge < -0.3 is 10.1 Å². The van der Waals surface area contributed by atoms with E-state index in [-0.39, 0.29) is 24.5 Å². The van der Waals surface area contributed by atoms with Gasteiger partial charge in [0, 0.05) is 11.1 Å². The summed E-state index contributed by atoms with van der Waals surface area (Å²) >= 11 is 5.90. The second kappa shape index (κ2) is 7.56. The van der Waals surface area contributed by atoms with Crippen LogP contribution in [0.3, 0.4) is 0 Å². The molecule has 0 unspecified atom stereocenters. The van der Waals surface area contributed by atoms with E-state index < -0.39 is 5.41 Å². The van der Waals surface area contributed by atoms with Gasteiger partial charge in [-0.05, 0) is 43.4 Å². The molecule has 0 spiro atoms. The highest BCUT2D eigenvalue weighted by Crippen LogP contribution is 2.49. The van der Waals surface area contributed by atoms with Crippen molar-refractivity contribution in [1.29, 1.82) is 0 Å². The van der Waals surface area contributed by atoms with Crippen LogP contribution in [0.15, 0.2) is 24.3 Å². The summed E-state index contributed by atoms with van der Waals surface area (Å²) in [7, 11) is 0. The molecule has 1 N–H and O–H groups in total. The van der Waals surface area contributed by atoms with Crippen molar-refractivity contribution < 1.29 is 14.3 Å². The molecule has 0 saturated heterocycles. The number of ether oxygens (including phenoxy) is 1. The molecule has 0 heterocycles. The Bertz CT molecular complexity index is 587. The fraction of sp³-hybridized carbons (Fsp3) is 0.579. The Kier molecular flexibility index (Phi) is 5.44. The van der Waals surface area contributed by atoms with Crippen LogP contribution in [0.25, 0.3) is 0 Å². The summed E-state index contributed by atoms with van der Waals surface area (Å²) < 4.78 is 5.30. The van der Waals surface area contributed by atoms with Crippen LogP contribution in [0, 0.1) is 0 Å². The number of halogens is 1. The van der Waals surface area contributed by atoms with Crippen LogP contribution < -0.4 is 5.32 Å². The number of amides is 1. The fourth-order valence-electron chi connectivity index (χ4n) is 3.47. The van der Waals surface area contributed by atoms with Crippen LogP contribution in [0.1, 0.15) is 56.9 Å². The largest absolute Gasteiger partial charge is 0.455 e. The van der Waals surface area contributed by atoms with Crippen LogP contribution in [0.4, 0.5) is 0 Å². The lowest BCUT2D eigenvalue weighted by molar-refractivity contribution is -0.151. The molecule has 1 aromatic rings. The van der Waals surface area contributed by atoms with Gasteiger partial charge in [0.1, 0.15) is 0 Å². The van der Waals surface area contributed by atoms with Crippen molar-refractivity contribution in [3.63, 3.8) is 0 Å². The summed E-state index contributed by atoms with van der Waals surface area (Å²) in [6, 6.07) is 7.51. The standard InChI is InChI=1S/C19H24ClNO3/c20-15-9-7-14(8-10-15)19(11-12-19)18(23)24-13-17(22)21-16-5-3-1-2-4-6-16/h7-10,16H,1-6,11-13H2,(H,21,22). The van der Waals surface area contributed by atoms with E-state index in [4.69, 9.17) is 16.3 Å². The average Bonchev–Trinajstić information content (AvgIpc) is 3.39. The zero-order valence-corrected chi connectivity index (χ0v) is 14.6. The molecule has 1 amide bonds. The van der Waals surface area contributed by atoms with Gasteiger partial charge in [-0.25, -0.2) is 0 Å². The number of esters is 1. The molecule has 0 aromatic heterocycles. The highest BCUT2D eigenvalue weighted by atomic mass is 35.5. The fourth-order valence-corrected chi connectivity index (χ4v) is 3.59. The van der Waals surface area contributed by atoms with Gasteiger partial charge in [0.2, 0.25) is 0 Å². The minimum Gasteiger partial charge on any atom is -0.455 e. The molecule has 5 heteroatoms. The molecule has 1 aromatic carbocycles. The summed E-state index contributed by atoms with van der Waals surface area (Å²) in [6.07, 6.45) is 8.36. The summed E-state index contributed by atoms with van der Waals surface area (Å²) in [4.78, 5) is 24.5. The van der Waals surface area contributed by atoms with Crippen LogP contribution in [-0.2, 0) is 19.7 Å². The monoisotopic (exact) mass is 349 g/mol. The van der Waals surface area contributed by atoms with Crippen LogP contribution in [0.2, 0.25) is 5.02 Å². The van der Waals surface area contributed by atoms with Gasteiger partial charge in [-0.1, -0.05) is 49.4 Å². The lowest BCUT2D eigenvalue weighted by atomic mass is 9.96. The van der Waals surface area contributed by atoms with Gasteiger partial charge in [0.05, 0.1) is 5.41 Å². The van der Waals surface area contributed by atoms with Gasteiger partial charge in [0.15, 0.2) is 6.61 Å². The Morgan fingerprint density at radius 2 is 1.71 bits per heavy atom. The van der Waals surface area contributed by atoms with Gasteiger partial charge in [-0.2, -0.15) is 0 Å².